The lowest BCUT2D eigenvalue weighted by molar-refractivity contribution is 0.590. The Labute approximate surface area is 336 Å². The number of anilines is 3. The third-order valence-electron chi connectivity index (χ3n) is 13.3. The minimum Gasteiger partial charge on any atom is -0.310 e. The van der Waals surface area contributed by atoms with Gasteiger partial charge in [-0.05, 0) is 114 Å². The second-order valence-electron chi connectivity index (χ2n) is 17.7. The summed E-state index contributed by atoms with van der Waals surface area (Å²) in [6.45, 7) is 11.6. The quantitative estimate of drug-likeness (QED) is 0.174. The number of hydrogen-bond acceptors (Lipinski definition) is 1. The molecular formula is C56H45N. The number of fused-ring (bicyclic) bond motifs is 13. The van der Waals surface area contributed by atoms with E-state index in [0.29, 0.717) is 0 Å². The first-order valence-corrected chi connectivity index (χ1v) is 20.4. The molecule has 1 nitrogen and oxygen atoms in total. The Morgan fingerprint density at radius 3 is 1.39 bits per heavy atom. The molecular weight excluding hydrogens is 687 g/mol. The van der Waals surface area contributed by atoms with Crippen molar-refractivity contribution >= 4 is 17.1 Å². The van der Waals surface area contributed by atoms with Gasteiger partial charge in [-0.3, -0.25) is 0 Å². The molecule has 3 aliphatic rings. The first-order valence-electron chi connectivity index (χ1n) is 20.4. The fourth-order valence-electron chi connectivity index (χ4n) is 10.5. The number of nitrogens with zero attached hydrogens (tertiary/aromatic N) is 1. The first-order chi connectivity index (χ1) is 27.7. The molecule has 0 atom stereocenters. The van der Waals surface area contributed by atoms with Gasteiger partial charge in [0.25, 0.3) is 0 Å². The molecule has 57 heavy (non-hydrogen) atoms. The zero-order chi connectivity index (χ0) is 38.7. The van der Waals surface area contributed by atoms with Crippen molar-refractivity contribution in [2.24, 2.45) is 0 Å². The molecule has 0 N–H and O–H groups in total. The lowest BCUT2D eigenvalue weighted by atomic mass is 9.70. The summed E-state index contributed by atoms with van der Waals surface area (Å²) in [6.07, 6.45) is 0. The summed E-state index contributed by atoms with van der Waals surface area (Å²) in [4.78, 5) is 2.54. The average molecular weight is 732 g/mol. The zero-order valence-corrected chi connectivity index (χ0v) is 33.3. The van der Waals surface area contributed by atoms with Gasteiger partial charge >= 0.3 is 0 Å². The summed E-state index contributed by atoms with van der Waals surface area (Å²) < 4.78 is 0. The maximum absolute atomic E-state index is 2.54. The Morgan fingerprint density at radius 2 is 0.825 bits per heavy atom. The molecule has 0 radical (unpaired) electrons. The molecule has 8 aromatic carbocycles. The van der Waals surface area contributed by atoms with Crippen LogP contribution in [0.25, 0.3) is 44.5 Å². The van der Waals surface area contributed by atoms with E-state index in [4.69, 9.17) is 0 Å². The molecule has 0 aliphatic heterocycles. The highest BCUT2D eigenvalue weighted by atomic mass is 15.1. The van der Waals surface area contributed by atoms with Crippen molar-refractivity contribution in [2.45, 2.75) is 50.9 Å². The van der Waals surface area contributed by atoms with E-state index in [0.717, 1.165) is 11.4 Å². The Hall–Kier alpha value is -6.44. The van der Waals surface area contributed by atoms with E-state index in [9.17, 15) is 0 Å². The molecule has 3 aliphatic carbocycles. The minimum atomic E-state index is -0.477. The van der Waals surface area contributed by atoms with Crippen molar-refractivity contribution in [1.29, 1.82) is 0 Å². The van der Waals surface area contributed by atoms with Crippen LogP contribution in [0.2, 0.25) is 0 Å². The van der Waals surface area contributed by atoms with E-state index >= 15 is 0 Å². The van der Waals surface area contributed by atoms with Gasteiger partial charge in [-0.1, -0.05) is 186 Å². The monoisotopic (exact) mass is 731 g/mol. The van der Waals surface area contributed by atoms with Gasteiger partial charge in [-0.2, -0.15) is 0 Å². The maximum Gasteiger partial charge on any atom is 0.0746 e. The van der Waals surface area contributed by atoms with E-state index in [1.54, 1.807) is 0 Å². The predicted octanol–water partition coefficient (Wildman–Crippen LogP) is 14.8. The molecule has 0 bridgehead atoms. The van der Waals surface area contributed by atoms with Gasteiger partial charge in [-0.15, -0.1) is 0 Å². The number of hydrogen-bond donors (Lipinski definition) is 0. The van der Waals surface area contributed by atoms with Crippen molar-refractivity contribution in [3.8, 4) is 44.5 Å². The Balaban J connectivity index is 1.17. The molecule has 1 heteroatoms. The summed E-state index contributed by atoms with van der Waals surface area (Å²) in [6, 6.07) is 68.8. The molecule has 0 aromatic heterocycles. The van der Waals surface area contributed by atoms with Crippen molar-refractivity contribution in [3.63, 3.8) is 0 Å². The second-order valence-corrected chi connectivity index (χ2v) is 17.7. The van der Waals surface area contributed by atoms with E-state index < -0.39 is 5.41 Å². The standard InChI is InChI=1S/C56H45N/c1-54(2,3)38-29-25-36(26-30-38)37-27-31-39(32-28-37)57(40-33-34-45-41-15-6-10-20-47(41)55(4,5)51(45)35-40)52-24-14-19-46-44-18-9-13-23-50(44)56(53(46)52)48-21-11-7-16-42(48)43-17-8-12-22-49(43)56/h6-35H,1-5H3. The smallest absolute Gasteiger partial charge is 0.0746 e. The SMILES string of the molecule is CC(C)(C)c1ccc(-c2ccc(N(c3ccc4c(c3)C(C)(C)c3ccccc3-4)c3cccc4c3C3(c5ccccc5-c5ccccc53)c3ccccc3-4)cc2)cc1. The van der Waals surface area contributed by atoms with Gasteiger partial charge in [0.1, 0.15) is 0 Å². The molecule has 0 unspecified atom stereocenters. The van der Waals surface area contributed by atoms with Crippen LogP contribution in [-0.4, -0.2) is 0 Å². The first kappa shape index (κ1) is 33.9. The van der Waals surface area contributed by atoms with Crippen molar-refractivity contribution < 1.29 is 0 Å². The second kappa shape index (κ2) is 12.0. The average Bonchev–Trinajstić information content (AvgIpc) is 3.80. The Kier molecular flexibility index (Phi) is 7.15. The van der Waals surface area contributed by atoms with Gasteiger partial charge < -0.3 is 4.90 Å². The summed E-state index contributed by atoms with van der Waals surface area (Å²) in [5.74, 6) is 0. The van der Waals surface area contributed by atoms with Gasteiger partial charge in [0, 0.05) is 22.4 Å². The molecule has 0 saturated carbocycles. The van der Waals surface area contributed by atoms with Crippen molar-refractivity contribution in [3.05, 3.63) is 221 Å². The highest BCUT2D eigenvalue weighted by molar-refractivity contribution is 6.00. The molecule has 0 amide bonds. The Morgan fingerprint density at radius 1 is 0.386 bits per heavy atom. The van der Waals surface area contributed by atoms with Crippen LogP contribution in [-0.2, 0) is 16.2 Å². The van der Waals surface area contributed by atoms with Crippen LogP contribution in [0.15, 0.2) is 182 Å². The van der Waals surface area contributed by atoms with Crippen LogP contribution in [0.1, 0.15) is 73.6 Å². The molecule has 8 aromatic rings. The van der Waals surface area contributed by atoms with Gasteiger partial charge in [0.15, 0.2) is 0 Å². The highest BCUT2D eigenvalue weighted by Crippen LogP contribution is 2.65. The van der Waals surface area contributed by atoms with Crippen LogP contribution < -0.4 is 4.90 Å². The molecule has 0 saturated heterocycles. The maximum atomic E-state index is 2.54. The van der Waals surface area contributed by atoms with Gasteiger partial charge in [0.05, 0.1) is 11.1 Å². The molecule has 0 fully saturated rings. The van der Waals surface area contributed by atoms with Crippen LogP contribution in [0.5, 0.6) is 0 Å². The molecule has 11 rings (SSSR count). The lowest BCUT2D eigenvalue weighted by Crippen LogP contribution is -2.28. The highest BCUT2D eigenvalue weighted by Gasteiger charge is 2.53. The van der Waals surface area contributed by atoms with E-state index in [1.165, 1.54) is 89.1 Å². The van der Waals surface area contributed by atoms with Crippen molar-refractivity contribution in [2.75, 3.05) is 4.90 Å². The summed E-state index contributed by atoms with van der Waals surface area (Å²) in [5, 5.41) is 0. The van der Waals surface area contributed by atoms with E-state index in [-0.39, 0.29) is 10.8 Å². The molecule has 274 valence electrons. The van der Waals surface area contributed by atoms with E-state index in [2.05, 4.69) is 222 Å². The molecule has 1 spiro atoms. The summed E-state index contributed by atoms with van der Waals surface area (Å²) >= 11 is 0. The third-order valence-corrected chi connectivity index (χ3v) is 13.3. The van der Waals surface area contributed by atoms with Crippen LogP contribution in [0, 0.1) is 0 Å². The summed E-state index contributed by atoms with van der Waals surface area (Å²) in [7, 11) is 0. The van der Waals surface area contributed by atoms with Crippen molar-refractivity contribution in [1.82, 2.24) is 0 Å². The fraction of sp³-hybridized carbons (Fsp3) is 0.143. The largest absolute Gasteiger partial charge is 0.310 e. The third kappa shape index (κ3) is 4.69. The van der Waals surface area contributed by atoms with Crippen LogP contribution >= 0.6 is 0 Å². The van der Waals surface area contributed by atoms with E-state index in [1.807, 2.05) is 0 Å². The normalized spacial score (nSPS) is 14.7. The molecule has 0 heterocycles. The Bertz CT molecular complexity index is 2840. The minimum absolute atomic E-state index is 0.113. The zero-order valence-electron chi connectivity index (χ0n) is 33.3. The lowest BCUT2D eigenvalue weighted by Gasteiger charge is -2.36. The summed E-state index contributed by atoms with van der Waals surface area (Å²) in [5.41, 5.74) is 22.8. The predicted molar refractivity (Wildman–Crippen MR) is 239 cm³/mol. The van der Waals surface area contributed by atoms with Gasteiger partial charge in [0.2, 0.25) is 0 Å². The number of rotatable bonds is 4. The van der Waals surface area contributed by atoms with Crippen LogP contribution in [0.4, 0.5) is 17.1 Å². The topological polar surface area (TPSA) is 3.24 Å². The van der Waals surface area contributed by atoms with Gasteiger partial charge in [-0.25, -0.2) is 0 Å². The van der Waals surface area contributed by atoms with Crippen LogP contribution in [0.3, 0.4) is 0 Å². The fourth-order valence-corrected chi connectivity index (χ4v) is 10.5. The number of benzene rings is 8.